The fraction of sp³-hybridized carbons (Fsp3) is 0.375. The Bertz CT molecular complexity index is 2120. The zero-order valence-corrected chi connectivity index (χ0v) is 26.1. The Morgan fingerprint density at radius 2 is 1.77 bits per heavy atom. The number of rotatable bonds is 7. The minimum atomic E-state index is -4.80. The molecule has 0 unspecified atom stereocenters. The summed E-state index contributed by atoms with van der Waals surface area (Å²) < 4.78 is 91.8. The zero-order chi connectivity index (χ0) is 33.2. The monoisotopic (exact) mass is 670 g/mol. The highest BCUT2D eigenvalue weighted by atomic mass is 32.2. The number of fused-ring (bicyclic) bond motifs is 5. The van der Waals surface area contributed by atoms with Gasteiger partial charge in [-0.25, -0.2) is 31.3 Å². The van der Waals surface area contributed by atoms with E-state index in [1.54, 1.807) is 26.0 Å². The predicted octanol–water partition coefficient (Wildman–Crippen LogP) is 6.23. The van der Waals surface area contributed by atoms with Crippen molar-refractivity contribution >= 4 is 38.4 Å². The molecule has 246 valence electrons. The molecule has 4 aromatic heterocycles. The van der Waals surface area contributed by atoms with E-state index in [1.807, 2.05) is 0 Å². The molecule has 0 radical (unpaired) electrons. The number of halogens is 4. The first kappa shape index (κ1) is 31.1. The maximum atomic E-state index is 14.6. The highest BCUT2D eigenvalue weighted by Gasteiger charge is 2.48. The lowest BCUT2D eigenvalue weighted by molar-refractivity contribution is -0.154. The molecule has 3 aliphatic carbocycles. The van der Waals surface area contributed by atoms with Crippen LogP contribution in [0.4, 0.5) is 23.4 Å². The second kappa shape index (κ2) is 11.3. The van der Waals surface area contributed by atoms with Crippen LogP contribution in [0.3, 0.4) is 0 Å². The summed E-state index contributed by atoms with van der Waals surface area (Å²) in [6, 6.07) is 8.75. The summed E-state index contributed by atoms with van der Waals surface area (Å²) in [6.07, 6.45) is 0.529. The van der Waals surface area contributed by atoms with Crippen molar-refractivity contribution in [3.8, 4) is 11.4 Å². The van der Waals surface area contributed by atoms with Crippen molar-refractivity contribution in [3.05, 3.63) is 71.9 Å². The summed E-state index contributed by atoms with van der Waals surface area (Å²) in [5, 5.41) is 7.48. The maximum Gasteiger partial charge on any atom is 0.433 e. The van der Waals surface area contributed by atoms with Crippen LogP contribution in [-0.2, 0) is 25.7 Å². The number of anilines is 1. The van der Waals surface area contributed by atoms with E-state index in [9.17, 15) is 30.8 Å². The summed E-state index contributed by atoms with van der Waals surface area (Å²) >= 11 is 0. The highest BCUT2D eigenvalue weighted by Crippen LogP contribution is 2.47. The van der Waals surface area contributed by atoms with Crippen molar-refractivity contribution in [2.45, 2.75) is 56.6 Å². The third-order valence-electron chi connectivity index (χ3n) is 9.28. The average molecular weight is 671 g/mol. The number of benzene rings is 1. The van der Waals surface area contributed by atoms with Crippen molar-refractivity contribution in [3.63, 3.8) is 0 Å². The Hall–Kier alpha value is -4.53. The molecular formula is C32H30F4N6O4S. The number of nitrogens with one attached hydrogen (secondary N) is 1. The van der Waals surface area contributed by atoms with Crippen LogP contribution in [0.2, 0.25) is 0 Å². The van der Waals surface area contributed by atoms with Crippen molar-refractivity contribution in [2.24, 2.45) is 17.8 Å². The van der Waals surface area contributed by atoms with Gasteiger partial charge in [0.25, 0.3) is 10.0 Å². The molecule has 0 amide bonds. The first-order chi connectivity index (χ1) is 22.4. The van der Waals surface area contributed by atoms with Crippen LogP contribution in [0.1, 0.15) is 43.9 Å². The number of carbonyl (C=O) groups is 1. The predicted molar refractivity (Wildman–Crippen MR) is 163 cm³/mol. The normalized spacial score (nSPS) is 21.4. The Kier molecular flexibility index (Phi) is 7.49. The van der Waals surface area contributed by atoms with Crippen LogP contribution in [-0.4, -0.2) is 50.6 Å². The molecule has 0 saturated heterocycles. The number of carbonyl (C=O) groups excluding carboxylic acids is 1. The largest absolute Gasteiger partial charge is 0.466 e. The molecule has 3 aliphatic rings. The molecular weight excluding hydrogens is 640 g/mol. The SMILES string of the molecule is CCOC(=O)[C@@H]1C2CCC(CC2)[C@H]1Nc1nc(-c2cn(S(=O)(=O)c3ccc(C)cc3)c3ncc(F)cc23)nn2c(C(F)(F)F)ccc12. The van der Waals surface area contributed by atoms with Crippen LogP contribution in [0.25, 0.3) is 27.9 Å². The molecule has 3 saturated carbocycles. The van der Waals surface area contributed by atoms with Crippen LogP contribution >= 0.6 is 0 Å². The van der Waals surface area contributed by atoms with Gasteiger partial charge in [-0.05, 0) is 81.7 Å². The number of alkyl halides is 3. The van der Waals surface area contributed by atoms with Gasteiger partial charge in [0, 0.05) is 23.2 Å². The van der Waals surface area contributed by atoms with Crippen molar-refractivity contribution in [2.75, 3.05) is 11.9 Å². The van der Waals surface area contributed by atoms with Gasteiger partial charge in [0.1, 0.15) is 17.0 Å². The Morgan fingerprint density at radius 1 is 1.06 bits per heavy atom. The topological polar surface area (TPSA) is 120 Å². The van der Waals surface area contributed by atoms with Gasteiger partial charge < -0.3 is 10.1 Å². The number of aryl methyl sites for hydroxylation is 1. The van der Waals surface area contributed by atoms with Crippen molar-refractivity contribution in [1.82, 2.24) is 23.6 Å². The van der Waals surface area contributed by atoms with Crippen molar-refractivity contribution in [1.29, 1.82) is 0 Å². The summed E-state index contributed by atoms with van der Waals surface area (Å²) in [6.45, 7) is 3.70. The molecule has 0 aliphatic heterocycles. The molecule has 2 bridgehead atoms. The van der Waals surface area contributed by atoms with Gasteiger partial charge in [-0.3, -0.25) is 4.79 Å². The second-order valence-electron chi connectivity index (χ2n) is 12.1. The van der Waals surface area contributed by atoms with Gasteiger partial charge in [-0.2, -0.15) is 13.2 Å². The molecule has 47 heavy (non-hydrogen) atoms. The number of aromatic nitrogens is 5. The van der Waals surface area contributed by atoms with Crippen LogP contribution in [0, 0.1) is 30.5 Å². The van der Waals surface area contributed by atoms with E-state index in [-0.39, 0.29) is 63.1 Å². The Balaban J connectivity index is 1.42. The smallest absolute Gasteiger partial charge is 0.433 e. The number of ether oxygens (including phenoxy) is 1. The van der Waals surface area contributed by atoms with E-state index in [0.29, 0.717) is 4.52 Å². The Labute approximate surface area is 266 Å². The first-order valence-corrected chi connectivity index (χ1v) is 16.7. The number of esters is 1. The van der Waals surface area contributed by atoms with Gasteiger partial charge in [0.15, 0.2) is 17.3 Å². The highest BCUT2D eigenvalue weighted by molar-refractivity contribution is 7.90. The molecule has 5 aromatic rings. The number of nitrogens with zero attached hydrogens (tertiary/aromatic N) is 5. The Morgan fingerprint density at radius 3 is 2.45 bits per heavy atom. The maximum absolute atomic E-state index is 14.6. The standard InChI is InChI=1S/C32H30F4N6O4S/c1-3-46-31(43)26-18-6-8-19(9-7-18)27(26)38-29-24-12-13-25(32(34,35)36)42(24)40-28(39-29)23-16-41(30-22(23)14-20(33)15-37-30)47(44,45)21-10-4-17(2)5-11-21/h4-5,10-16,18-19,26-27H,3,6-9H2,1-2H3,(H,38,39,40)/t18?,19?,26-,27-/m1/s1. The lowest BCUT2D eigenvalue weighted by Gasteiger charge is -2.47. The lowest BCUT2D eigenvalue weighted by Crippen LogP contribution is -2.52. The van der Waals surface area contributed by atoms with E-state index in [4.69, 9.17) is 4.74 Å². The molecule has 1 N–H and O–H groups in total. The van der Waals surface area contributed by atoms with Gasteiger partial charge in [-0.1, -0.05) is 17.7 Å². The van der Waals surface area contributed by atoms with Crippen molar-refractivity contribution < 1.29 is 35.5 Å². The van der Waals surface area contributed by atoms with Gasteiger partial charge in [0.05, 0.1) is 23.6 Å². The van der Waals surface area contributed by atoms with E-state index < -0.39 is 39.7 Å². The third-order valence-corrected chi connectivity index (χ3v) is 10.9. The number of hydrogen-bond donors (Lipinski definition) is 1. The summed E-state index contributed by atoms with van der Waals surface area (Å²) in [7, 11) is -4.28. The van der Waals surface area contributed by atoms with E-state index >= 15 is 0 Å². The molecule has 15 heteroatoms. The molecule has 10 nitrogen and oxygen atoms in total. The average Bonchev–Trinajstić information content (AvgIpc) is 3.64. The summed E-state index contributed by atoms with van der Waals surface area (Å²) in [5.74, 6) is -1.89. The van der Waals surface area contributed by atoms with Crippen LogP contribution < -0.4 is 5.32 Å². The number of hydrogen-bond acceptors (Lipinski definition) is 8. The molecule has 1 aromatic carbocycles. The van der Waals surface area contributed by atoms with E-state index in [0.717, 1.165) is 59.7 Å². The molecule has 0 spiro atoms. The fourth-order valence-corrected chi connectivity index (χ4v) is 8.39. The zero-order valence-electron chi connectivity index (χ0n) is 25.3. The van der Waals surface area contributed by atoms with E-state index in [1.165, 1.54) is 18.2 Å². The lowest BCUT2D eigenvalue weighted by atomic mass is 9.61. The second-order valence-corrected chi connectivity index (χ2v) is 13.9. The molecule has 8 rings (SSSR count). The van der Waals surface area contributed by atoms with Crippen LogP contribution in [0.5, 0.6) is 0 Å². The minimum absolute atomic E-state index is 0.00505. The van der Waals surface area contributed by atoms with E-state index in [2.05, 4.69) is 20.4 Å². The quantitative estimate of drug-likeness (QED) is 0.160. The minimum Gasteiger partial charge on any atom is -0.466 e. The molecule has 2 atom stereocenters. The van der Waals surface area contributed by atoms with Crippen LogP contribution in [0.15, 0.2) is 59.8 Å². The molecule has 3 fully saturated rings. The third kappa shape index (κ3) is 5.29. The van der Waals surface area contributed by atoms with Gasteiger partial charge in [-0.15, -0.1) is 5.10 Å². The molecule has 4 heterocycles. The summed E-state index contributed by atoms with van der Waals surface area (Å²) in [5.41, 5.74) is -0.471. The number of pyridine rings is 1. The first-order valence-electron chi connectivity index (χ1n) is 15.3. The fourth-order valence-electron chi connectivity index (χ4n) is 7.06. The summed E-state index contributed by atoms with van der Waals surface area (Å²) in [4.78, 5) is 21.7. The van der Waals surface area contributed by atoms with Gasteiger partial charge in [0.2, 0.25) is 0 Å². The van der Waals surface area contributed by atoms with Gasteiger partial charge >= 0.3 is 12.1 Å².